The lowest BCUT2D eigenvalue weighted by atomic mass is 10.1. The maximum absolute atomic E-state index is 13.2. The molecule has 1 aromatic heterocycles. The molecule has 0 bridgehead atoms. The molecule has 0 spiro atoms. The number of sulfone groups is 1. The molecule has 0 N–H and O–H groups in total. The van der Waals surface area contributed by atoms with Gasteiger partial charge in [0, 0.05) is 24.6 Å². The van der Waals surface area contributed by atoms with Crippen LogP contribution in [0.25, 0.3) is 0 Å². The lowest BCUT2D eigenvalue weighted by Gasteiger charge is -2.22. The van der Waals surface area contributed by atoms with Gasteiger partial charge in [0.15, 0.2) is 15.9 Å². The van der Waals surface area contributed by atoms with E-state index in [0.717, 1.165) is 68.3 Å². The van der Waals surface area contributed by atoms with E-state index < -0.39 is 28.0 Å². The van der Waals surface area contributed by atoms with Gasteiger partial charge >= 0.3 is 6.18 Å². The Morgan fingerprint density at radius 3 is 2.50 bits per heavy atom. The Bertz CT molecular complexity index is 1110. The van der Waals surface area contributed by atoms with Crippen molar-refractivity contribution in [2.24, 2.45) is 0 Å². The maximum Gasteiger partial charge on any atom is 0.425 e. The summed E-state index contributed by atoms with van der Waals surface area (Å²) in [6, 6.07) is 3.67. The number of amides is 1. The minimum absolute atomic E-state index is 0.170. The molecule has 1 atom stereocenters. The topological polar surface area (TPSA) is 81.5 Å². The third-order valence-electron chi connectivity index (χ3n) is 5.96. The quantitative estimate of drug-likeness (QED) is 0.661. The van der Waals surface area contributed by atoms with Crippen molar-refractivity contribution in [1.82, 2.24) is 14.7 Å². The average Bonchev–Trinajstić information content (AvgIpc) is 3.41. The molecule has 4 rings (SSSR count). The molecule has 0 saturated heterocycles. The van der Waals surface area contributed by atoms with Crippen LogP contribution in [0, 0.1) is 0 Å². The van der Waals surface area contributed by atoms with Crippen LogP contribution >= 0.6 is 0 Å². The minimum atomic E-state index is -4.64. The monoisotopic (exact) mass is 471 g/mol. The van der Waals surface area contributed by atoms with Gasteiger partial charge in [-0.05, 0) is 38.0 Å². The van der Waals surface area contributed by atoms with Gasteiger partial charge in [-0.1, -0.05) is 12.8 Å². The van der Waals surface area contributed by atoms with E-state index in [4.69, 9.17) is 4.74 Å². The second-order valence-electron chi connectivity index (χ2n) is 8.41. The number of fused-ring (bicyclic) bond motifs is 1. The van der Waals surface area contributed by atoms with Gasteiger partial charge in [0.1, 0.15) is 5.75 Å². The van der Waals surface area contributed by atoms with Crippen LogP contribution in [0.2, 0.25) is 0 Å². The van der Waals surface area contributed by atoms with Gasteiger partial charge < -0.3 is 9.64 Å². The van der Waals surface area contributed by atoms with E-state index in [0.29, 0.717) is 6.04 Å². The van der Waals surface area contributed by atoms with Gasteiger partial charge in [0.05, 0.1) is 28.7 Å². The van der Waals surface area contributed by atoms with Crippen molar-refractivity contribution in [2.45, 2.75) is 68.9 Å². The summed E-state index contributed by atoms with van der Waals surface area (Å²) in [5.41, 5.74) is 1.41. The first-order valence-electron chi connectivity index (χ1n) is 10.4. The van der Waals surface area contributed by atoms with Crippen molar-refractivity contribution in [3.05, 3.63) is 41.2 Å². The largest absolute Gasteiger partial charge is 0.480 e. The molecule has 1 aromatic carbocycles. The predicted octanol–water partition coefficient (Wildman–Crippen LogP) is 3.89. The number of nitrogens with zero attached hydrogens (tertiary/aromatic N) is 3. The van der Waals surface area contributed by atoms with Crippen LogP contribution in [0.4, 0.5) is 13.2 Å². The Morgan fingerprint density at radius 2 is 1.91 bits per heavy atom. The normalized spacial score (nSPS) is 18.1. The third kappa shape index (κ3) is 4.48. The van der Waals surface area contributed by atoms with E-state index in [9.17, 15) is 26.4 Å². The highest BCUT2D eigenvalue weighted by molar-refractivity contribution is 7.90. The highest BCUT2D eigenvalue weighted by atomic mass is 32.2. The molecule has 2 aliphatic rings. The van der Waals surface area contributed by atoms with Gasteiger partial charge in [-0.2, -0.15) is 18.3 Å². The molecule has 1 aliphatic carbocycles. The van der Waals surface area contributed by atoms with Crippen LogP contribution in [0.1, 0.15) is 60.3 Å². The summed E-state index contributed by atoms with van der Waals surface area (Å²) in [5, 5.41) is 4.61. The van der Waals surface area contributed by atoms with E-state index in [2.05, 4.69) is 5.10 Å². The van der Waals surface area contributed by atoms with Crippen molar-refractivity contribution in [1.29, 1.82) is 0 Å². The molecule has 2 heterocycles. The molecule has 0 unspecified atom stereocenters. The van der Waals surface area contributed by atoms with Crippen molar-refractivity contribution in [3.63, 3.8) is 0 Å². The fourth-order valence-corrected chi connectivity index (χ4v) is 4.76. The molecule has 1 amide bonds. The number of hydrogen-bond donors (Lipinski definition) is 0. The number of rotatable bonds is 5. The van der Waals surface area contributed by atoms with E-state index in [1.165, 1.54) is 4.90 Å². The van der Waals surface area contributed by atoms with Crippen LogP contribution in [0.5, 0.6) is 5.75 Å². The molecule has 11 heteroatoms. The van der Waals surface area contributed by atoms with Gasteiger partial charge in [0.25, 0.3) is 5.91 Å². The number of ether oxygens (including phenoxy) is 1. The zero-order valence-electron chi connectivity index (χ0n) is 17.7. The third-order valence-corrected chi connectivity index (χ3v) is 7.07. The van der Waals surface area contributed by atoms with Crippen molar-refractivity contribution >= 4 is 15.7 Å². The minimum Gasteiger partial charge on any atom is -0.480 e. The van der Waals surface area contributed by atoms with Gasteiger partial charge in [-0.3, -0.25) is 9.48 Å². The SMILES string of the molecule is C[C@H](Oc1ccc(S(C)(=O)=O)cc1C(=O)N1Cc2cn(C3CCCC3)nc2C1)C(F)(F)F. The van der Waals surface area contributed by atoms with Crippen LogP contribution in [-0.2, 0) is 22.9 Å². The van der Waals surface area contributed by atoms with E-state index in [-0.39, 0.29) is 29.3 Å². The van der Waals surface area contributed by atoms with Crippen molar-refractivity contribution in [2.75, 3.05) is 6.26 Å². The van der Waals surface area contributed by atoms with E-state index >= 15 is 0 Å². The molecule has 1 saturated carbocycles. The van der Waals surface area contributed by atoms with Crippen LogP contribution in [0.3, 0.4) is 0 Å². The highest BCUT2D eigenvalue weighted by Gasteiger charge is 2.39. The number of carbonyl (C=O) groups is 1. The molecule has 32 heavy (non-hydrogen) atoms. The summed E-state index contributed by atoms with van der Waals surface area (Å²) in [6.07, 6.45) is 0.554. The second kappa shape index (κ2) is 8.09. The smallest absolute Gasteiger partial charge is 0.425 e. The molecule has 1 fully saturated rings. The standard InChI is InChI=1S/C21H24F3N3O4S/c1-13(21(22,23)24)31-19-8-7-16(32(2,29)30)9-17(19)20(28)26-10-14-11-27(25-18(14)12-26)15-5-3-4-6-15/h7-9,11,13,15H,3-6,10,12H2,1-2H3/t13-/m0/s1. The Kier molecular flexibility index (Phi) is 5.72. The molecule has 2 aromatic rings. The average molecular weight is 472 g/mol. The van der Waals surface area contributed by atoms with Gasteiger partial charge in [-0.25, -0.2) is 8.42 Å². The Balaban J connectivity index is 1.60. The maximum atomic E-state index is 13.2. The molecular weight excluding hydrogens is 447 g/mol. The number of benzene rings is 1. The zero-order valence-corrected chi connectivity index (χ0v) is 18.5. The molecule has 174 valence electrons. The number of hydrogen-bond acceptors (Lipinski definition) is 5. The molecule has 7 nitrogen and oxygen atoms in total. The first-order valence-corrected chi connectivity index (χ1v) is 12.3. The predicted molar refractivity (Wildman–Crippen MR) is 109 cm³/mol. The van der Waals surface area contributed by atoms with Crippen molar-refractivity contribution < 1.29 is 31.1 Å². The Hall–Kier alpha value is -2.56. The lowest BCUT2D eigenvalue weighted by Crippen LogP contribution is -2.33. The van der Waals surface area contributed by atoms with Crippen LogP contribution in [0.15, 0.2) is 29.3 Å². The summed E-state index contributed by atoms with van der Waals surface area (Å²) in [6.45, 7) is 1.28. The van der Waals surface area contributed by atoms with Gasteiger partial charge in [0.2, 0.25) is 0 Å². The van der Waals surface area contributed by atoms with Gasteiger partial charge in [-0.15, -0.1) is 0 Å². The first-order chi connectivity index (χ1) is 14.9. The summed E-state index contributed by atoms with van der Waals surface area (Å²) in [7, 11) is -3.68. The number of halogens is 3. The number of aromatic nitrogens is 2. The van der Waals surface area contributed by atoms with E-state index in [1.54, 1.807) is 0 Å². The second-order valence-corrected chi connectivity index (χ2v) is 10.4. The van der Waals surface area contributed by atoms with Crippen LogP contribution < -0.4 is 4.74 Å². The lowest BCUT2D eigenvalue weighted by molar-refractivity contribution is -0.189. The fraction of sp³-hybridized carbons (Fsp3) is 0.524. The summed E-state index contributed by atoms with van der Waals surface area (Å²) >= 11 is 0. The molecule has 1 aliphatic heterocycles. The Labute approximate surface area is 184 Å². The first kappa shape index (κ1) is 22.6. The fourth-order valence-electron chi connectivity index (χ4n) is 4.11. The zero-order chi connectivity index (χ0) is 23.3. The molecular formula is C21H24F3N3O4S. The van der Waals surface area contributed by atoms with Crippen LogP contribution in [-0.4, -0.2) is 47.5 Å². The van der Waals surface area contributed by atoms with E-state index in [1.807, 2.05) is 10.9 Å². The number of alkyl halides is 3. The highest BCUT2D eigenvalue weighted by Crippen LogP contribution is 2.34. The number of carbonyl (C=O) groups excluding carboxylic acids is 1. The summed E-state index contributed by atoms with van der Waals surface area (Å²) < 4.78 is 69.9. The van der Waals surface area contributed by atoms with Crippen molar-refractivity contribution in [3.8, 4) is 5.75 Å². The molecule has 0 radical (unpaired) electrons. The Morgan fingerprint density at radius 1 is 1.22 bits per heavy atom. The summed E-state index contributed by atoms with van der Waals surface area (Å²) in [4.78, 5) is 14.5. The summed E-state index contributed by atoms with van der Waals surface area (Å²) in [5.74, 6) is -0.918.